The average Bonchev–Trinajstić information content (AvgIpc) is 3.82. The zero-order valence-electron chi connectivity index (χ0n) is 25.0. The number of rotatable bonds is 12. The smallest absolute Gasteiger partial charge is 0.266 e. The molecule has 2 aliphatic carbocycles. The lowest BCUT2D eigenvalue weighted by atomic mass is 9.92. The number of ether oxygens (including phenoxy) is 2. The number of fused-ring (bicyclic) bond motifs is 2. The van der Waals surface area contributed by atoms with E-state index in [0.717, 1.165) is 60.8 Å². The van der Waals surface area contributed by atoms with Crippen molar-refractivity contribution in [1.29, 1.82) is 0 Å². The van der Waals surface area contributed by atoms with Crippen molar-refractivity contribution in [3.8, 4) is 16.5 Å². The molecule has 4 aromatic rings. The molecular weight excluding hydrogens is 592 g/mol. The number of amides is 2. The number of anilines is 2. The van der Waals surface area contributed by atoms with Gasteiger partial charge in [0.15, 0.2) is 4.88 Å². The van der Waals surface area contributed by atoms with E-state index in [1.165, 1.54) is 16.9 Å². The maximum atomic E-state index is 12.6. The average molecular weight is 629 g/mol. The highest BCUT2D eigenvalue weighted by Crippen LogP contribution is 2.36. The normalized spacial score (nSPS) is 14.6. The summed E-state index contributed by atoms with van der Waals surface area (Å²) >= 11 is 1.19. The Morgan fingerprint density at radius 2 is 1.96 bits per heavy atom. The number of carbonyl (C=O) groups excluding carboxylic acids is 2. The number of aryl methyl sites for hydroxylation is 1. The molecule has 0 spiro atoms. The molecule has 234 valence electrons. The SMILES string of the molecule is CNC(=O)c1sc(-c2ccnc(NC(=O)C3CC3)c2)nc1OCCOC/C(N)=C/N(N)c1c2c(nc3ccccc13)CCCC2. The van der Waals surface area contributed by atoms with E-state index in [1.807, 2.05) is 24.3 Å². The number of nitrogens with two attached hydrogens (primary N) is 2. The fourth-order valence-electron chi connectivity index (χ4n) is 5.30. The topological polar surface area (TPSA) is 171 Å². The second-order valence-corrected chi connectivity index (χ2v) is 12.0. The van der Waals surface area contributed by atoms with Crippen LogP contribution in [0.1, 0.15) is 46.6 Å². The molecule has 45 heavy (non-hydrogen) atoms. The first-order valence-corrected chi connectivity index (χ1v) is 15.8. The number of nitrogens with one attached hydrogen (secondary N) is 2. The fourth-order valence-corrected chi connectivity index (χ4v) is 6.25. The highest BCUT2D eigenvalue weighted by Gasteiger charge is 2.30. The molecule has 3 heterocycles. The molecule has 1 fully saturated rings. The number of hydrogen-bond donors (Lipinski definition) is 4. The Bertz CT molecular complexity index is 1750. The summed E-state index contributed by atoms with van der Waals surface area (Å²) in [6, 6.07) is 11.5. The van der Waals surface area contributed by atoms with Crippen LogP contribution in [0, 0.1) is 5.92 Å². The van der Waals surface area contributed by atoms with E-state index in [2.05, 4.69) is 20.6 Å². The van der Waals surface area contributed by atoms with E-state index in [4.69, 9.17) is 26.0 Å². The fraction of sp³-hybridized carbons (Fsp3) is 0.344. The summed E-state index contributed by atoms with van der Waals surface area (Å²) in [4.78, 5) is 38.7. The first-order chi connectivity index (χ1) is 21.9. The molecule has 2 amide bonds. The van der Waals surface area contributed by atoms with Crippen LogP contribution in [0.3, 0.4) is 0 Å². The lowest BCUT2D eigenvalue weighted by Gasteiger charge is -2.25. The van der Waals surface area contributed by atoms with Gasteiger partial charge in [-0.05, 0) is 62.3 Å². The molecule has 1 saturated carbocycles. The number of hydrazine groups is 1. The Hall–Kier alpha value is -4.59. The highest BCUT2D eigenvalue weighted by atomic mass is 32.1. The lowest BCUT2D eigenvalue weighted by Crippen LogP contribution is -2.29. The Morgan fingerprint density at radius 1 is 1.13 bits per heavy atom. The lowest BCUT2D eigenvalue weighted by molar-refractivity contribution is -0.117. The van der Waals surface area contributed by atoms with Crippen molar-refractivity contribution < 1.29 is 19.1 Å². The molecule has 2 aliphatic rings. The van der Waals surface area contributed by atoms with Gasteiger partial charge in [-0.1, -0.05) is 18.2 Å². The van der Waals surface area contributed by atoms with Gasteiger partial charge in [0.2, 0.25) is 11.8 Å². The van der Waals surface area contributed by atoms with Crippen LogP contribution in [-0.4, -0.2) is 53.6 Å². The summed E-state index contributed by atoms with van der Waals surface area (Å²) in [6.07, 6.45) is 9.16. The molecule has 6 rings (SSSR count). The van der Waals surface area contributed by atoms with E-state index in [0.29, 0.717) is 27.0 Å². The van der Waals surface area contributed by atoms with Gasteiger partial charge in [-0.2, -0.15) is 0 Å². The number of nitrogens with zero attached hydrogens (tertiary/aromatic N) is 4. The molecule has 0 unspecified atom stereocenters. The minimum atomic E-state index is -0.313. The second kappa shape index (κ2) is 13.6. The standard InChI is InChI=1S/C32H36N8O4S/c1-35-30(42)28-31(39-32(45-28)20-12-13-36-26(16-20)38-29(41)19-10-11-19)44-15-14-43-18-21(33)17-40(34)27-22-6-2-4-8-24(22)37-25-9-5-3-7-23(25)27/h2,4,6,8,12-13,16-17,19H,3,5,7,9-11,14-15,18,33-34H2,1H3,(H,35,42)(H,36,38,41)/b21-17-. The summed E-state index contributed by atoms with van der Waals surface area (Å²) in [6.45, 7) is 0.493. The molecule has 0 aliphatic heterocycles. The second-order valence-electron chi connectivity index (χ2n) is 11.0. The predicted molar refractivity (Wildman–Crippen MR) is 174 cm³/mol. The van der Waals surface area contributed by atoms with Crippen molar-refractivity contribution in [3.05, 3.63) is 70.6 Å². The van der Waals surface area contributed by atoms with Gasteiger partial charge >= 0.3 is 0 Å². The van der Waals surface area contributed by atoms with Crippen LogP contribution in [0.5, 0.6) is 5.88 Å². The van der Waals surface area contributed by atoms with E-state index >= 15 is 0 Å². The van der Waals surface area contributed by atoms with Gasteiger partial charge in [-0.15, -0.1) is 11.3 Å². The maximum Gasteiger partial charge on any atom is 0.266 e. The number of hydrogen-bond acceptors (Lipinski definition) is 11. The van der Waals surface area contributed by atoms with Gasteiger partial charge in [0.1, 0.15) is 17.4 Å². The van der Waals surface area contributed by atoms with Crippen LogP contribution in [-0.2, 0) is 22.4 Å². The van der Waals surface area contributed by atoms with Gasteiger partial charge in [0.25, 0.3) is 5.91 Å². The molecule has 3 aromatic heterocycles. The summed E-state index contributed by atoms with van der Waals surface area (Å²) in [5.74, 6) is 6.90. The Labute approximate surface area is 264 Å². The van der Waals surface area contributed by atoms with Crippen LogP contribution in [0.25, 0.3) is 21.5 Å². The Kier molecular flexibility index (Phi) is 9.19. The molecule has 13 heteroatoms. The quantitative estimate of drug-likeness (QED) is 0.102. The predicted octanol–water partition coefficient (Wildman–Crippen LogP) is 3.92. The summed E-state index contributed by atoms with van der Waals surface area (Å²) in [5, 5.41) is 8.60. The largest absolute Gasteiger partial charge is 0.474 e. The Morgan fingerprint density at radius 3 is 2.78 bits per heavy atom. The van der Waals surface area contributed by atoms with Crippen LogP contribution < -0.4 is 32.0 Å². The molecular formula is C32H36N8O4S. The minimum absolute atomic E-state index is 0.0340. The number of carbonyl (C=O) groups is 2. The van der Waals surface area contributed by atoms with Crippen LogP contribution in [0.4, 0.5) is 11.5 Å². The third-order valence-electron chi connectivity index (χ3n) is 7.67. The van der Waals surface area contributed by atoms with Crippen molar-refractivity contribution in [2.75, 3.05) is 37.2 Å². The number of aromatic nitrogens is 3. The van der Waals surface area contributed by atoms with Gasteiger partial charge in [-0.25, -0.2) is 15.8 Å². The van der Waals surface area contributed by atoms with Gasteiger partial charge in [-0.3, -0.25) is 19.6 Å². The Balaban J connectivity index is 1.07. The van der Waals surface area contributed by atoms with Gasteiger partial charge in [0.05, 0.1) is 30.1 Å². The summed E-state index contributed by atoms with van der Waals surface area (Å²) in [5.41, 5.74) is 11.6. The number of pyridine rings is 2. The van der Waals surface area contributed by atoms with Gasteiger partial charge < -0.3 is 25.8 Å². The summed E-state index contributed by atoms with van der Waals surface area (Å²) in [7, 11) is 1.55. The van der Waals surface area contributed by atoms with Crippen molar-refractivity contribution >= 4 is 45.6 Å². The van der Waals surface area contributed by atoms with E-state index in [9.17, 15) is 9.59 Å². The third kappa shape index (κ3) is 7.06. The first kappa shape index (κ1) is 30.4. The molecule has 0 bridgehead atoms. The van der Waals surface area contributed by atoms with E-state index in [-0.39, 0.29) is 43.4 Å². The highest BCUT2D eigenvalue weighted by molar-refractivity contribution is 7.17. The van der Waals surface area contributed by atoms with Crippen LogP contribution in [0.2, 0.25) is 0 Å². The minimum Gasteiger partial charge on any atom is -0.474 e. The summed E-state index contributed by atoms with van der Waals surface area (Å²) < 4.78 is 11.6. The zero-order valence-corrected chi connectivity index (χ0v) is 25.9. The molecule has 1 aromatic carbocycles. The van der Waals surface area contributed by atoms with Crippen LogP contribution >= 0.6 is 11.3 Å². The monoisotopic (exact) mass is 628 g/mol. The molecule has 6 N–H and O–H groups in total. The van der Waals surface area contributed by atoms with Crippen molar-refractivity contribution in [2.24, 2.45) is 17.5 Å². The van der Waals surface area contributed by atoms with Gasteiger partial charge in [0, 0.05) is 42.0 Å². The van der Waals surface area contributed by atoms with E-state index in [1.54, 1.807) is 36.6 Å². The van der Waals surface area contributed by atoms with Crippen LogP contribution in [0.15, 0.2) is 54.5 Å². The molecule has 0 atom stereocenters. The number of benzene rings is 1. The first-order valence-electron chi connectivity index (χ1n) is 15.0. The zero-order chi connectivity index (χ0) is 31.3. The van der Waals surface area contributed by atoms with Crippen molar-refractivity contribution in [3.63, 3.8) is 0 Å². The molecule has 12 nitrogen and oxygen atoms in total. The van der Waals surface area contributed by atoms with Crippen molar-refractivity contribution in [2.45, 2.75) is 38.5 Å². The maximum absolute atomic E-state index is 12.6. The van der Waals surface area contributed by atoms with Crippen molar-refractivity contribution in [1.82, 2.24) is 20.3 Å². The molecule has 0 radical (unpaired) electrons. The number of para-hydroxylation sites is 1. The number of thiazole rings is 1. The third-order valence-corrected chi connectivity index (χ3v) is 8.76. The van der Waals surface area contributed by atoms with E-state index < -0.39 is 0 Å². The molecule has 0 saturated heterocycles.